The number of nitroso groups, excluding NO2 is 1. The zero-order valence-electron chi connectivity index (χ0n) is 2.32. The van der Waals surface area contributed by atoms with Gasteiger partial charge in [-0.25, -0.2) is 0 Å². The summed E-state index contributed by atoms with van der Waals surface area (Å²) >= 11 is 1.05. The summed E-state index contributed by atoms with van der Waals surface area (Å²) < 4.78 is 1.60. The molecule has 1 N–H and O–H groups in total. The molecule has 3 heteroatoms. The van der Waals surface area contributed by atoms with Gasteiger partial charge in [0.15, 0.2) is 0 Å². The number of hydrogen-bond acceptors (Lipinski definition) is 2. The summed E-state index contributed by atoms with van der Waals surface area (Å²) in [6.07, 6.45) is 1.67. The van der Waals surface area contributed by atoms with Crippen LogP contribution in [0.4, 0.5) is 0 Å². The molecule has 0 unspecified atom stereocenters. The lowest BCUT2D eigenvalue weighted by Crippen LogP contribution is -2.51. The molecule has 0 amide bonds. The number of nitrogens with one attached hydrogen (secondary N) is 1. The monoisotopic (exact) mass is 78.0 g/mol. The molecule has 0 aromatic heterocycles. The normalized spacial score (nSPS) is 6.25. The van der Waals surface area contributed by atoms with Gasteiger partial charge in [-0.2, -0.15) is 0 Å². The van der Waals surface area contributed by atoms with Gasteiger partial charge in [-0.15, -0.1) is 0 Å². The zero-order chi connectivity index (χ0) is 3.41. The summed E-state index contributed by atoms with van der Waals surface area (Å²) in [6, 6.07) is 0. The van der Waals surface area contributed by atoms with Crippen LogP contribution < -0.4 is 4.58 Å². The van der Waals surface area contributed by atoms with E-state index in [9.17, 15) is 0 Å². The van der Waals surface area contributed by atoms with Gasteiger partial charge in [0.1, 0.15) is 0 Å². The third kappa shape index (κ3) is 1.95. The van der Waals surface area contributed by atoms with E-state index < -0.39 is 0 Å². The second kappa shape index (κ2) is 2.95. The number of hydrogen-bond donors (Lipinski definition) is 1. The van der Waals surface area contributed by atoms with Crippen LogP contribution in [0.2, 0.25) is 0 Å². The summed E-state index contributed by atoms with van der Waals surface area (Å²) in [5.41, 5.74) is 0. The second-order valence-corrected chi connectivity index (χ2v) is 0.862. The highest BCUT2D eigenvalue weighted by Gasteiger charge is 1.63. The van der Waals surface area contributed by atoms with E-state index in [1.54, 1.807) is 10.8 Å². The molecule has 0 saturated heterocycles. The SMILES string of the molecule is CS[NH+]=O. The van der Waals surface area contributed by atoms with Crippen LogP contribution in [0.5, 0.6) is 0 Å². The van der Waals surface area contributed by atoms with Gasteiger partial charge in [-0.05, 0) is 0 Å². The topological polar surface area (TPSA) is 31.0 Å². The lowest BCUT2D eigenvalue weighted by molar-refractivity contribution is -0.270. The minimum atomic E-state index is 1.05. The van der Waals surface area contributed by atoms with Crippen molar-refractivity contribution in [2.24, 2.45) is 0 Å². The molecule has 0 bridgehead atoms. The largest absolute Gasteiger partial charge is 0.206 e. The van der Waals surface area contributed by atoms with E-state index >= 15 is 0 Å². The highest BCUT2D eigenvalue weighted by atomic mass is 32.2. The van der Waals surface area contributed by atoms with Crippen molar-refractivity contribution in [2.75, 3.05) is 6.26 Å². The molecule has 0 spiro atoms. The molecule has 0 aliphatic carbocycles. The Kier molecular flexibility index (Phi) is 2.91. The molecule has 0 aliphatic heterocycles. The van der Waals surface area contributed by atoms with E-state index in [1.807, 2.05) is 0 Å². The van der Waals surface area contributed by atoms with E-state index in [1.165, 1.54) is 0 Å². The molecule has 0 aromatic carbocycles. The fourth-order valence-corrected chi connectivity index (χ4v) is 0. The predicted molar refractivity (Wildman–Crippen MR) is 17.8 cm³/mol. The van der Waals surface area contributed by atoms with Crippen LogP contribution in [0.3, 0.4) is 0 Å². The van der Waals surface area contributed by atoms with Crippen molar-refractivity contribution < 1.29 is 4.58 Å². The maximum Gasteiger partial charge on any atom is 0.206 e. The Bertz CT molecular complexity index is 22.0. The summed E-state index contributed by atoms with van der Waals surface area (Å²) in [7, 11) is 0. The Morgan fingerprint density at radius 3 is 2.25 bits per heavy atom. The molecule has 0 rings (SSSR count). The molecule has 0 atom stereocenters. The van der Waals surface area contributed by atoms with Crippen molar-refractivity contribution in [3.63, 3.8) is 0 Å². The summed E-state index contributed by atoms with van der Waals surface area (Å²) in [5, 5.41) is 0. The minimum absolute atomic E-state index is 1.05. The first kappa shape index (κ1) is 3.95. The zero-order valence-corrected chi connectivity index (χ0v) is 3.13. The molecule has 0 radical (unpaired) electrons. The first-order valence-electron chi connectivity index (χ1n) is 0.816. The van der Waals surface area contributed by atoms with Crippen LogP contribution in [-0.4, -0.2) is 6.26 Å². The van der Waals surface area contributed by atoms with Crippen LogP contribution in [0.25, 0.3) is 0 Å². The summed E-state index contributed by atoms with van der Waals surface area (Å²) in [6.45, 7) is 0. The van der Waals surface area contributed by atoms with Crippen LogP contribution in [0.1, 0.15) is 0 Å². The minimum Gasteiger partial charge on any atom is 0.0305 e. The second-order valence-electron chi connectivity index (χ2n) is 0.287. The van der Waals surface area contributed by atoms with Crippen LogP contribution in [0.15, 0.2) is 0 Å². The molecular weight excluding hydrogens is 74.1 g/mol. The van der Waals surface area contributed by atoms with E-state index in [-0.39, 0.29) is 0 Å². The van der Waals surface area contributed by atoms with Crippen LogP contribution in [0, 0.1) is 4.91 Å². The van der Waals surface area contributed by atoms with Crippen LogP contribution in [-0.2, 0) is 0 Å². The summed E-state index contributed by atoms with van der Waals surface area (Å²) in [4.78, 5) is 9.01. The maximum absolute atomic E-state index is 9.01. The number of rotatable bonds is 1. The van der Waals surface area contributed by atoms with Gasteiger partial charge in [0.25, 0.3) is 0 Å². The fourth-order valence-electron chi connectivity index (χ4n) is 0. The average molecular weight is 78.1 g/mol. The van der Waals surface area contributed by atoms with Gasteiger partial charge in [0.05, 0.1) is 10.8 Å². The molecule has 24 valence electrons. The summed E-state index contributed by atoms with van der Waals surface area (Å²) in [5.74, 6) is 0. The lowest BCUT2D eigenvalue weighted by Gasteiger charge is -1.39. The maximum atomic E-state index is 9.01. The first-order chi connectivity index (χ1) is 1.91. The van der Waals surface area contributed by atoms with Crippen molar-refractivity contribution in [1.29, 1.82) is 0 Å². The Hall–Kier alpha value is -0.0500. The molecule has 0 heterocycles. The Morgan fingerprint density at radius 2 is 2.25 bits per heavy atom. The molecule has 0 aromatic rings. The van der Waals surface area contributed by atoms with Gasteiger partial charge >= 0.3 is 0 Å². The van der Waals surface area contributed by atoms with Gasteiger partial charge in [0.2, 0.25) is 11.9 Å². The van der Waals surface area contributed by atoms with Crippen molar-refractivity contribution >= 4 is 11.9 Å². The van der Waals surface area contributed by atoms with Crippen molar-refractivity contribution in [3.8, 4) is 0 Å². The van der Waals surface area contributed by atoms with E-state index in [4.69, 9.17) is 4.91 Å². The van der Waals surface area contributed by atoms with Crippen molar-refractivity contribution in [3.05, 3.63) is 4.91 Å². The van der Waals surface area contributed by atoms with Crippen molar-refractivity contribution in [1.82, 2.24) is 0 Å². The third-order valence-corrected chi connectivity index (χ3v) is 0.250. The van der Waals surface area contributed by atoms with Gasteiger partial charge in [-0.3, -0.25) is 0 Å². The smallest absolute Gasteiger partial charge is 0.0305 e. The molecule has 0 aliphatic rings. The predicted octanol–water partition coefficient (Wildman–Crippen LogP) is -0.889. The third-order valence-electron chi connectivity index (χ3n) is 0.0833. The average Bonchev–Trinajstić information content (AvgIpc) is 1.37. The highest BCUT2D eigenvalue weighted by molar-refractivity contribution is 7.91. The molecule has 0 fully saturated rings. The van der Waals surface area contributed by atoms with Crippen molar-refractivity contribution in [2.45, 2.75) is 0 Å². The first-order valence-corrected chi connectivity index (χ1v) is 2.04. The molecule has 2 nitrogen and oxygen atoms in total. The van der Waals surface area contributed by atoms with Gasteiger partial charge < -0.3 is 0 Å². The highest BCUT2D eigenvalue weighted by Crippen LogP contribution is 1.54. The molecule has 0 saturated carbocycles. The lowest BCUT2D eigenvalue weighted by atomic mass is 12.0. The van der Waals surface area contributed by atoms with E-state index in [0.29, 0.717) is 0 Å². The van der Waals surface area contributed by atoms with Crippen LogP contribution >= 0.6 is 11.9 Å². The van der Waals surface area contributed by atoms with E-state index in [0.717, 1.165) is 11.9 Å². The van der Waals surface area contributed by atoms with E-state index in [2.05, 4.69) is 0 Å². The Morgan fingerprint density at radius 1 is 2.00 bits per heavy atom. The van der Waals surface area contributed by atoms with Gasteiger partial charge in [0, 0.05) is 4.91 Å². The quantitative estimate of drug-likeness (QED) is 0.412. The molecular formula is CH4NOS+. The standard InChI is InChI=1S/CH3NOS/c1-4-2-3/h1H3/p+1. The van der Waals surface area contributed by atoms with Gasteiger partial charge in [-0.1, -0.05) is 0 Å². The Balaban J connectivity index is 2.30. The Labute approximate surface area is 28.7 Å². The molecule has 4 heavy (non-hydrogen) atoms. The fraction of sp³-hybridized carbons (Fsp3) is 1.00.